The topological polar surface area (TPSA) is 44.8 Å². The van der Waals surface area contributed by atoms with Gasteiger partial charge in [0.25, 0.3) is 0 Å². The molecule has 0 fully saturated rings. The number of hydrogen-bond acceptors (Lipinski definition) is 4. The smallest absolute Gasteiger partial charge is 0.311 e. The van der Waals surface area contributed by atoms with Gasteiger partial charge in [-0.2, -0.15) is 0 Å². The monoisotopic (exact) mass is 288 g/mol. The number of carbonyl (C=O) groups excluding carboxylic acids is 1. The number of carbonyl (C=O) groups is 1. The number of ether oxygens (including phenoxy) is 3. The van der Waals surface area contributed by atoms with Crippen molar-refractivity contribution < 1.29 is 19.0 Å². The minimum Gasteiger partial charge on any atom is -0.463 e. The van der Waals surface area contributed by atoms with Crippen LogP contribution in [0.15, 0.2) is 0 Å². The summed E-state index contributed by atoms with van der Waals surface area (Å²) in [5.41, 5.74) is -0.404. The van der Waals surface area contributed by atoms with Crippen LogP contribution < -0.4 is 0 Å². The Morgan fingerprint density at radius 1 is 1.10 bits per heavy atom. The molecular weight excluding hydrogens is 256 g/mol. The Morgan fingerprint density at radius 2 is 1.75 bits per heavy atom. The molecule has 0 rings (SSSR count). The summed E-state index contributed by atoms with van der Waals surface area (Å²) < 4.78 is 16.2. The van der Waals surface area contributed by atoms with Crippen molar-refractivity contribution in [1.29, 1.82) is 0 Å². The third kappa shape index (κ3) is 9.32. The molecule has 0 saturated carbocycles. The van der Waals surface area contributed by atoms with Crippen LogP contribution in [0, 0.1) is 5.41 Å². The molecule has 0 aliphatic heterocycles. The third-order valence-corrected chi connectivity index (χ3v) is 3.43. The molecule has 0 amide bonds. The Kier molecular flexibility index (Phi) is 10.8. The van der Waals surface area contributed by atoms with E-state index in [1.54, 1.807) is 0 Å². The number of rotatable bonds is 12. The fourth-order valence-electron chi connectivity index (χ4n) is 1.49. The highest BCUT2D eigenvalue weighted by molar-refractivity contribution is 5.75. The van der Waals surface area contributed by atoms with Gasteiger partial charge in [0.15, 0.2) is 0 Å². The molecule has 0 radical (unpaired) electrons. The second-order valence-corrected chi connectivity index (χ2v) is 5.77. The summed E-state index contributed by atoms with van der Waals surface area (Å²) in [6, 6.07) is 0. The van der Waals surface area contributed by atoms with Gasteiger partial charge in [-0.3, -0.25) is 4.79 Å². The lowest BCUT2D eigenvalue weighted by atomic mass is 9.91. The fourth-order valence-corrected chi connectivity index (χ4v) is 1.49. The van der Waals surface area contributed by atoms with Gasteiger partial charge in [-0.05, 0) is 53.4 Å². The molecule has 0 aromatic carbocycles. The number of esters is 1. The molecule has 0 heterocycles. The van der Waals surface area contributed by atoms with E-state index in [0.717, 1.165) is 38.9 Å². The summed E-state index contributed by atoms with van der Waals surface area (Å²) in [5.74, 6) is -0.146. The standard InChI is InChI=1S/C16H32O4/c1-6-16(4,5)15(17)20-13-14(3)19-12-10-8-9-11-18-7-2/h14H,6-13H2,1-5H3. The highest BCUT2D eigenvalue weighted by atomic mass is 16.6. The van der Waals surface area contributed by atoms with Crippen LogP contribution in [0.2, 0.25) is 0 Å². The van der Waals surface area contributed by atoms with E-state index in [4.69, 9.17) is 14.2 Å². The molecule has 0 saturated heterocycles. The van der Waals surface area contributed by atoms with E-state index < -0.39 is 5.41 Å². The maximum atomic E-state index is 11.8. The Hall–Kier alpha value is -0.610. The largest absolute Gasteiger partial charge is 0.463 e. The second-order valence-electron chi connectivity index (χ2n) is 5.77. The zero-order valence-electron chi connectivity index (χ0n) is 13.9. The van der Waals surface area contributed by atoms with Crippen molar-refractivity contribution in [2.75, 3.05) is 26.4 Å². The summed E-state index contributed by atoms with van der Waals surface area (Å²) in [6.45, 7) is 12.4. The van der Waals surface area contributed by atoms with Gasteiger partial charge in [0.2, 0.25) is 0 Å². The molecule has 1 atom stereocenters. The predicted octanol–water partition coefficient (Wildman–Crippen LogP) is 3.58. The van der Waals surface area contributed by atoms with E-state index in [1.807, 2.05) is 34.6 Å². The molecule has 0 aliphatic rings. The van der Waals surface area contributed by atoms with Gasteiger partial charge in [-0.1, -0.05) is 6.92 Å². The molecule has 120 valence electrons. The van der Waals surface area contributed by atoms with Gasteiger partial charge in [-0.25, -0.2) is 0 Å². The van der Waals surface area contributed by atoms with Crippen molar-refractivity contribution in [2.45, 2.75) is 66.4 Å². The van der Waals surface area contributed by atoms with E-state index in [0.29, 0.717) is 13.2 Å². The molecule has 20 heavy (non-hydrogen) atoms. The molecule has 0 aliphatic carbocycles. The molecule has 0 spiro atoms. The second kappa shape index (κ2) is 11.1. The minimum atomic E-state index is -0.404. The molecular formula is C16H32O4. The van der Waals surface area contributed by atoms with Crippen LogP contribution in [0.1, 0.15) is 60.3 Å². The Morgan fingerprint density at radius 3 is 2.35 bits per heavy atom. The first-order valence-corrected chi connectivity index (χ1v) is 7.80. The first-order valence-electron chi connectivity index (χ1n) is 7.80. The van der Waals surface area contributed by atoms with Crippen LogP contribution in [0.25, 0.3) is 0 Å². The Labute approximate surface area is 124 Å². The minimum absolute atomic E-state index is 0.0431. The lowest BCUT2D eigenvalue weighted by Crippen LogP contribution is -2.29. The SMILES string of the molecule is CCOCCCCCOC(C)COC(=O)C(C)(C)CC. The highest BCUT2D eigenvalue weighted by Crippen LogP contribution is 2.21. The van der Waals surface area contributed by atoms with Crippen molar-refractivity contribution in [1.82, 2.24) is 0 Å². The average Bonchev–Trinajstić information content (AvgIpc) is 2.43. The maximum absolute atomic E-state index is 11.8. The van der Waals surface area contributed by atoms with E-state index >= 15 is 0 Å². The summed E-state index contributed by atoms with van der Waals surface area (Å²) in [5, 5.41) is 0. The number of unbranched alkanes of at least 4 members (excludes halogenated alkanes) is 2. The van der Waals surface area contributed by atoms with Crippen LogP contribution in [0.4, 0.5) is 0 Å². The van der Waals surface area contributed by atoms with Crippen LogP contribution in [0.5, 0.6) is 0 Å². The number of hydrogen-bond donors (Lipinski definition) is 0. The van der Waals surface area contributed by atoms with Gasteiger partial charge in [0, 0.05) is 19.8 Å². The van der Waals surface area contributed by atoms with Crippen LogP contribution in [0.3, 0.4) is 0 Å². The van der Waals surface area contributed by atoms with Crippen molar-refractivity contribution in [3.63, 3.8) is 0 Å². The Bertz CT molecular complexity index is 251. The quantitative estimate of drug-likeness (QED) is 0.407. The lowest BCUT2D eigenvalue weighted by Gasteiger charge is -2.22. The van der Waals surface area contributed by atoms with Gasteiger partial charge >= 0.3 is 5.97 Å². The van der Waals surface area contributed by atoms with Crippen LogP contribution >= 0.6 is 0 Å². The van der Waals surface area contributed by atoms with Crippen molar-refractivity contribution in [3.8, 4) is 0 Å². The van der Waals surface area contributed by atoms with Gasteiger partial charge in [0.05, 0.1) is 11.5 Å². The van der Waals surface area contributed by atoms with Gasteiger partial charge < -0.3 is 14.2 Å². The molecule has 4 heteroatoms. The molecule has 0 N–H and O–H groups in total. The molecule has 4 nitrogen and oxygen atoms in total. The normalized spacial score (nSPS) is 13.2. The Balaban J connectivity index is 3.55. The zero-order chi connectivity index (χ0) is 15.4. The van der Waals surface area contributed by atoms with E-state index in [9.17, 15) is 4.79 Å². The molecule has 0 aromatic rings. The first-order chi connectivity index (χ1) is 9.44. The van der Waals surface area contributed by atoms with Crippen molar-refractivity contribution >= 4 is 5.97 Å². The maximum Gasteiger partial charge on any atom is 0.311 e. The summed E-state index contributed by atoms with van der Waals surface area (Å²) in [7, 11) is 0. The fraction of sp³-hybridized carbons (Fsp3) is 0.938. The van der Waals surface area contributed by atoms with Gasteiger partial charge in [0.1, 0.15) is 6.61 Å². The highest BCUT2D eigenvalue weighted by Gasteiger charge is 2.27. The third-order valence-electron chi connectivity index (χ3n) is 3.43. The lowest BCUT2D eigenvalue weighted by molar-refractivity contribution is -0.158. The summed E-state index contributed by atoms with van der Waals surface area (Å²) in [6.07, 6.45) is 3.94. The summed E-state index contributed by atoms with van der Waals surface area (Å²) >= 11 is 0. The molecule has 0 aromatic heterocycles. The predicted molar refractivity (Wildman–Crippen MR) is 80.8 cm³/mol. The zero-order valence-corrected chi connectivity index (χ0v) is 13.9. The van der Waals surface area contributed by atoms with E-state index in [2.05, 4.69) is 0 Å². The average molecular weight is 288 g/mol. The van der Waals surface area contributed by atoms with Crippen LogP contribution in [-0.4, -0.2) is 38.5 Å². The van der Waals surface area contributed by atoms with Crippen molar-refractivity contribution in [2.24, 2.45) is 5.41 Å². The molecule has 0 bridgehead atoms. The molecule has 1 unspecified atom stereocenters. The first kappa shape index (κ1) is 19.4. The van der Waals surface area contributed by atoms with E-state index in [-0.39, 0.29) is 12.1 Å². The van der Waals surface area contributed by atoms with Crippen LogP contribution in [-0.2, 0) is 19.0 Å². The van der Waals surface area contributed by atoms with E-state index in [1.165, 1.54) is 0 Å². The van der Waals surface area contributed by atoms with Gasteiger partial charge in [-0.15, -0.1) is 0 Å². The van der Waals surface area contributed by atoms with Crippen molar-refractivity contribution in [3.05, 3.63) is 0 Å². The summed E-state index contributed by atoms with van der Waals surface area (Å²) in [4.78, 5) is 11.8.